The maximum atomic E-state index is 10.5. The molecule has 1 aromatic carbocycles. The fourth-order valence-corrected chi connectivity index (χ4v) is 2.29. The summed E-state index contributed by atoms with van der Waals surface area (Å²) in [6.07, 6.45) is 1.88. The third-order valence-electron chi connectivity index (χ3n) is 2.80. The van der Waals surface area contributed by atoms with Gasteiger partial charge in [-0.2, -0.15) is 11.8 Å². The van der Waals surface area contributed by atoms with Crippen molar-refractivity contribution in [3.05, 3.63) is 29.8 Å². The van der Waals surface area contributed by atoms with Crippen LogP contribution in [0.15, 0.2) is 24.3 Å². The number of rotatable bonds is 5. The molecule has 1 aromatic rings. The Bertz CT molecular complexity index is 361. The number of ether oxygens (including phenoxy) is 1. The van der Waals surface area contributed by atoms with Gasteiger partial charge in [-0.1, -0.05) is 25.1 Å². The van der Waals surface area contributed by atoms with Gasteiger partial charge in [-0.3, -0.25) is 0 Å². The zero-order valence-corrected chi connectivity index (χ0v) is 10.2. The molecule has 0 radical (unpaired) electrons. The van der Waals surface area contributed by atoms with Crippen LogP contribution in [0.1, 0.15) is 24.8 Å². The fraction of sp³-hybridized carbons (Fsp3) is 0.462. The molecular weight excluding hydrogens is 220 g/mol. The van der Waals surface area contributed by atoms with E-state index in [0.717, 1.165) is 29.1 Å². The van der Waals surface area contributed by atoms with Crippen molar-refractivity contribution in [1.82, 2.24) is 0 Å². The van der Waals surface area contributed by atoms with E-state index in [0.29, 0.717) is 12.5 Å². The number of carbonyl (C=O) groups is 1. The summed E-state index contributed by atoms with van der Waals surface area (Å²) >= 11 is 1.91. The fourth-order valence-electron chi connectivity index (χ4n) is 1.73. The molecule has 2 rings (SSSR count). The van der Waals surface area contributed by atoms with Crippen molar-refractivity contribution < 1.29 is 9.53 Å². The second-order valence-electron chi connectivity index (χ2n) is 4.12. The van der Waals surface area contributed by atoms with E-state index in [1.807, 2.05) is 30.0 Å². The van der Waals surface area contributed by atoms with Crippen LogP contribution >= 0.6 is 11.8 Å². The molecular formula is C13H16O2S. The zero-order valence-electron chi connectivity index (χ0n) is 9.39. The summed E-state index contributed by atoms with van der Waals surface area (Å²) in [7, 11) is 0. The van der Waals surface area contributed by atoms with Crippen LogP contribution in [0.3, 0.4) is 0 Å². The molecule has 0 bridgehead atoms. The second-order valence-corrected chi connectivity index (χ2v) is 5.19. The van der Waals surface area contributed by atoms with E-state index in [1.54, 1.807) is 0 Å². The second kappa shape index (κ2) is 5.39. The summed E-state index contributed by atoms with van der Waals surface area (Å²) in [5.41, 5.74) is 1.14. The molecule has 1 saturated heterocycles. The molecule has 0 amide bonds. The predicted molar refractivity (Wildman–Crippen MR) is 67.3 cm³/mol. The van der Waals surface area contributed by atoms with Crippen LogP contribution in [0.25, 0.3) is 0 Å². The largest absolute Gasteiger partial charge is 0.488 e. The van der Waals surface area contributed by atoms with Gasteiger partial charge in [0.1, 0.15) is 18.1 Å². The van der Waals surface area contributed by atoms with E-state index in [9.17, 15) is 4.79 Å². The third kappa shape index (κ3) is 2.59. The standard InChI is InChI=1S/C13H16O2S/c1-10(6-7-14)12-4-2-3-5-13(12)15-11-8-16-9-11/h2-5,7,10-11H,6,8-9H2,1H3. The Morgan fingerprint density at radius 2 is 2.25 bits per heavy atom. The highest BCUT2D eigenvalue weighted by Gasteiger charge is 2.21. The Hall–Kier alpha value is -0.960. The quantitative estimate of drug-likeness (QED) is 0.735. The number of hydrogen-bond acceptors (Lipinski definition) is 3. The van der Waals surface area contributed by atoms with Gasteiger partial charge in [0.2, 0.25) is 0 Å². The maximum absolute atomic E-state index is 10.5. The van der Waals surface area contributed by atoms with Crippen LogP contribution < -0.4 is 4.74 Å². The normalized spacial score (nSPS) is 17.6. The summed E-state index contributed by atoms with van der Waals surface area (Å²) in [4.78, 5) is 10.5. The van der Waals surface area contributed by atoms with E-state index in [4.69, 9.17) is 4.74 Å². The van der Waals surface area contributed by atoms with E-state index < -0.39 is 0 Å². The van der Waals surface area contributed by atoms with Crippen LogP contribution in [-0.4, -0.2) is 23.9 Å². The third-order valence-corrected chi connectivity index (χ3v) is 4.02. The van der Waals surface area contributed by atoms with E-state index in [-0.39, 0.29) is 5.92 Å². The summed E-state index contributed by atoms with van der Waals surface area (Å²) in [6.45, 7) is 2.06. The SMILES string of the molecule is CC(CC=O)c1ccccc1OC1CSC1. The summed E-state index contributed by atoms with van der Waals surface area (Å²) in [5.74, 6) is 3.34. The topological polar surface area (TPSA) is 26.3 Å². The minimum atomic E-state index is 0.237. The first-order valence-electron chi connectivity index (χ1n) is 5.58. The van der Waals surface area contributed by atoms with Gasteiger partial charge >= 0.3 is 0 Å². The van der Waals surface area contributed by atoms with Crippen molar-refractivity contribution in [2.24, 2.45) is 0 Å². The number of carbonyl (C=O) groups excluding carboxylic acids is 1. The van der Waals surface area contributed by atoms with Crippen molar-refractivity contribution in [2.75, 3.05) is 11.5 Å². The van der Waals surface area contributed by atoms with Crippen LogP contribution in [-0.2, 0) is 4.79 Å². The molecule has 3 heteroatoms. The number of thioether (sulfide) groups is 1. The number of hydrogen-bond donors (Lipinski definition) is 0. The van der Waals surface area contributed by atoms with E-state index >= 15 is 0 Å². The minimum absolute atomic E-state index is 0.237. The molecule has 16 heavy (non-hydrogen) atoms. The summed E-state index contributed by atoms with van der Waals surface area (Å²) in [5, 5.41) is 0. The predicted octanol–water partition coefficient (Wildman–Crippen LogP) is 2.87. The molecule has 1 aliphatic heterocycles. The molecule has 2 nitrogen and oxygen atoms in total. The highest BCUT2D eigenvalue weighted by Crippen LogP contribution is 2.31. The lowest BCUT2D eigenvalue weighted by atomic mass is 9.97. The van der Waals surface area contributed by atoms with Crippen molar-refractivity contribution in [2.45, 2.75) is 25.4 Å². The molecule has 0 N–H and O–H groups in total. The first kappa shape index (κ1) is 11.5. The molecule has 0 aromatic heterocycles. The Kier molecular flexibility index (Phi) is 3.88. The van der Waals surface area contributed by atoms with Gasteiger partial charge in [-0.15, -0.1) is 0 Å². The Labute approximate surface area is 100 Å². The smallest absolute Gasteiger partial charge is 0.123 e. The zero-order chi connectivity index (χ0) is 11.4. The van der Waals surface area contributed by atoms with Crippen molar-refractivity contribution in [3.8, 4) is 5.75 Å². The van der Waals surface area contributed by atoms with Gasteiger partial charge < -0.3 is 9.53 Å². The van der Waals surface area contributed by atoms with Crippen LogP contribution in [0.4, 0.5) is 0 Å². The van der Waals surface area contributed by atoms with Gasteiger partial charge in [0.15, 0.2) is 0 Å². The lowest BCUT2D eigenvalue weighted by Gasteiger charge is -2.27. The molecule has 0 saturated carbocycles. The van der Waals surface area contributed by atoms with Gasteiger partial charge in [0.05, 0.1) is 0 Å². The average molecular weight is 236 g/mol. The highest BCUT2D eigenvalue weighted by atomic mass is 32.2. The van der Waals surface area contributed by atoms with Crippen LogP contribution in [0, 0.1) is 0 Å². The number of para-hydroxylation sites is 1. The molecule has 0 aliphatic carbocycles. The molecule has 1 aliphatic rings. The first-order valence-corrected chi connectivity index (χ1v) is 6.73. The molecule has 1 fully saturated rings. The van der Waals surface area contributed by atoms with E-state index in [1.165, 1.54) is 0 Å². The Morgan fingerprint density at radius 3 is 2.88 bits per heavy atom. The lowest BCUT2D eigenvalue weighted by molar-refractivity contribution is -0.108. The minimum Gasteiger partial charge on any atom is -0.488 e. The molecule has 1 atom stereocenters. The number of aldehydes is 1. The van der Waals surface area contributed by atoms with Crippen molar-refractivity contribution >= 4 is 18.0 Å². The average Bonchev–Trinajstić information content (AvgIpc) is 2.24. The molecule has 1 unspecified atom stereocenters. The molecule has 1 heterocycles. The first-order chi connectivity index (χ1) is 7.81. The summed E-state index contributed by atoms with van der Waals surface area (Å²) < 4.78 is 5.91. The van der Waals surface area contributed by atoms with Gasteiger partial charge in [-0.05, 0) is 17.5 Å². The highest BCUT2D eigenvalue weighted by molar-refractivity contribution is 8.00. The lowest BCUT2D eigenvalue weighted by Crippen LogP contribution is -2.31. The molecule has 86 valence electrons. The Balaban J connectivity index is 2.11. The van der Waals surface area contributed by atoms with Gasteiger partial charge in [-0.25, -0.2) is 0 Å². The summed E-state index contributed by atoms with van der Waals surface area (Å²) in [6, 6.07) is 8.03. The monoisotopic (exact) mass is 236 g/mol. The maximum Gasteiger partial charge on any atom is 0.123 e. The number of benzene rings is 1. The van der Waals surface area contributed by atoms with Crippen molar-refractivity contribution in [3.63, 3.8) is 0 Å². The van der Waals surface area contributed by atoms with Gasteiger partial charge in [0, 0.05) is 17.9 Å². The van der Waals surface area contributed by atoms with Crippen molar-refractivity contribution in [1.29, 1.82) is 0 Å². The van der Waals surface area contributed by atoms with Crippen LogP contribution in [0.5, 0.6) is 5.75 Å². The van der Waals surface area contributed by atoms with Crippen LogP contribution in [0.2, 0.25) is 0 Å². The molecule has 0 spiro atoms. The van der Waals surface area contributed by atoms with E-state index in [2.05, 4.69) is 13.0 Å². The van der Waals surface area contributed by atoms with Gasteiger partial charge in [0.25, 0.3) is 0 Å². The Morgan fingerprint density at radius 1 is 1.50 bits per heavy atom.